The van der Waals surface area contributed by atoms with E-state index in [-0.39, 0.29) is 5.69 Å². The molecule has 0 spiro atoms. The van der Waals surface area contributed by atoms with Crippen molar-refractivity contribution in [3.8, 4) is 5.75 Å². The summed E-state index contributed by atoms with van der Waals surface area (Å²) in [6.45, 7) is 3.02. The van der Waals surface area contributed by atoms with Gasteiger partial charge in [0.1, 0.15) is 17.1 Å². The van der Waals surface area contributed by atoms with Crippen molar-refractivity contribution >= 4 is 11.6 Å². The van der Waals surface area contributed by atoms with Gasteiger partial charge in [-0.15, -0.1) is 0 Å². The first kappa shape index (κ1) is 17.7. The number of nitrogens with one attached hydrogen (secondary N) is 1. The molecule has 3 N–H and O–H groups in total. The van der Waals surface area contributed by atoms with Gasteiger partial charge in [-0.2, -0.15) is 0 Å². The Morgan fingerprint density at radius 1 is 1.25 bits per heavy atom. The van der Waals surface area contributed by atoms with Gasteiger partial charge in [-0.3, -0.25) is 4.79 Å². The maximum Gasteiger partial charge on any atom is 0.254 e. The lowest BCUT2D eigenvalue weighted by Gasteiger charge is -2.11. The van der Waals surface area contributed by atoms with Crippen LogP contribution in [-0.4, -0.2) is 12.5 Å². The van der Waals surface area contributed by atoms with Crippen molar-refractivity contribution in [2.45, 2.75) is 26.3 Å². The molecule has 2 rings (SSSR count). The number of amides is 1. The Labute approximate surface area is 139 Å². The van der Waals surface area contributed by atoms with Crippen molar-refractivity contribution in [1.82, 2.24) is 0 Å². The summed E-state index contributed by atoms with van der Waals surface area (Å²) >= 11 is 0. The molecule has 6 heteroatoms. The molecule has 0 saturated carbocycles. The number of nitrogens with two attached hydrogens (primary N) is 1. The first-order valence-corrected chi connectivity index (χ1v) is 7.76. The molecule has 0 unspecified atom stereocenters. The number of carbonyl (C=O) groups excluding carboxylic acids is 1. The van der Waals surface area contributed by atoms with E-state index in [1.807, 2.05) is 24.3 Å². The summed E-state index contributed by atoms with van der Waals surface area (Å²) in [5.41, 5.74) is 5.15. The van der Waals surface area contributed by atoms with E-state index in [0.717, 1.165) is 30.2 Å². The maximum absolute atomic E-state index is 14.1. The van der Waals surface area contributed by atoms with Crippen LogP contribution in [0.2, 0.25) is 0 Å². The lowest BCUT2D eigenvalue weighted by Crippen LogP contribution is -2.17. The summed E-state index contributed by atoms with van der Waals surface area (Å²) in [5.74, 6) is -2.37. The predicted molar refractivity (Wildman–Crippen MR) is 89.0 cm³/mol. The highest BCUT2D eigenvalue weighted by Gasteiger charge is 2.18. The van der Waals surface area contributed by atoms with Crippen LogP contribution in [0.15, 0.2) is 36.4 Å². The number of halogens is 2. The van der Waals surface area contributed by atoms with Crippen LogP contribution in [0, 0.1) is 11.6 Å². The fourth-order valence-electron chi connectivity index (χ4n) is 2.19. The Morgan fingerprint density at radius 3 is 2.75 bits per heavy atom. The largest absolute Gasteiger partial charge is 0.494 e. The topological polar surface area (TPSA) is 64.3 Å². The van der Waals surface area contributed by atoms with E-state index in [0.29, 0.717) is 13.2 Å². The van der Waals surface area contributed by atoms with Gasteiger partial charge in [-0.05, 0) is 36.2 Å². The maximum atomic E-state index is 14.1. The van der Waals surface area contributed by atoms with Crippen molar-refractivity contribution in [3.63, 3.8) is 0 Å². The quantitative estimate of drug-likeness (QED) is 0.721. The molecule has 0 aliphatic carbocycles. The molecule has 0 aliphatic rings. The second-order valence-corrected chi connectivity index (χ2v) is 5.35. The monoisotopic (exact) mass is 334 g/mol. The molecule has 128 valence electrons. The summed E-state index contributed by atoms with van der Waals surface area (Å²) in [6, 6.07) is 9.64. The highest BCUT2D eigenvalue weighted by atomic mass is 19.1. The second kappa shape index (κ2) is 8.29. The predicted octanol–water partition coefficient (Wildman–Crippen LogP) is 3.85. The minimum atomic E-state index is -1.14. The summed E-state index contributed by atoms with van der Waals surface area (Å²) in [6.07, 6.45) is 2.02. The molecule has 0 heterocycles. The van der Waals surface area contributed by atoms with Crippen LogP contribution < -0.4 is 15.8 Å². The minimum Gasteiger partial charge on any atom is -0.494 e. The van der Waals surface area contributed by atoms with Crippen molar-refractivity contribution in [1.29, 1.82) is 0 Å². The number of anilines is 1. The van der Waals surface area contributed by atoms with Crippen molar-refractivity contribution in [2.24, 2.45) is 5.73 Å². The van der Waals surface area contributed by atoms with Crippen LogP contribution in [0.25, 0.3) is 0 Å². The van der Waals surface area contributed by atoms with Gasteiger partial charge >= 0.3 is 0 Å². The number of primary amides is 1. The third-order valence-corrected chi connectivity index (χ3v) is 3.49. The van der Waals surface area contributed by atoms with Crippen LogP contribution >= 0.6 is 0 Å². The zero-order chi connectivity index (χ0) is 17.5. The van der Waals surface area contributed by atoms with Crippen molar-refractivity contribution < 1.29 is 18.3 Å². The molecule has 2 aromatic rings. The van der Waals surface area contributed by atoms with Crippen LogP contribution in [0.3, 0.4) is 0 Å². The number of hydrogen-bond acceptors (Lipinski definition) is 3. The van der Waals surface area contributed by atoms with E-state index in [1.165, 1.54) is 6.07 Å². The Balaban J connectivity index is 2.07. The molecule has 2 aromatic carbocycles. The Hall–Kier alpha value is -2.63. The van der Waals surface area contributed by atoms with Gasteiger partial charge in [0.05, 0.1) is 12.3 Å². The Bertz CT molecular complexity index is 720. The highest BCUT2D eigenvalue weighted by Crippen LogP contribution is 2.22. The summed E-state index contributed by atoms with van der Waals surface area (Å²) in [5, 5.41) is 2.84. The number of hydrogen-bond donors (Lipinski definition) is 2. The number of carbonyl (C=O) groups is 1. The average molecular weight is 334 g/mol. The Kier molecular flexibility index (Phi) is 6.12. The molecule has 0 fully saturated rings. The molecular formula is C18H20F2N2O2. The van der Waals surface area contributed by atoms with Crippen molar-refractivity contribution in [2.75, 3.05) is 11.9 Å². The molecule has 0 saturated heterocycles. The van der Waals surface area contributed by atoms with E-state index in [9.17, 15) is 13.6 Å². The fourth-order valence-corrected chi connectivity index (χ4v) is 2.19. The Morgan fingerprint density at radius 2 is 2.04 bits per heavy atom. The fraction of sp³-hybridized carbons (Fsp3) is 0.278. The molecule has 4 nitrogen and oxygen atoms in total. The molecule has 1 amide bonds. The van der Waals surface area contributed by atoms with Crippen molar-refractivity contribution in [3.05, 3.63) is 59.2 Å². The molecule has 0 radical (unpaired) electrons. The molecular weight excluding hydrogens is 314 g/mol. The standard InChI is InChI=1S/C18H20F2N2O2/c1-2-3-9-24-13-6-4-5-12(10-13)11-22-15-8-7-14(19)16(17(15)20)18(21)23/h4-8,10,22H,2-3,9,11H2,1H3,(H2,21,23). The van der Waals surface area contributed by atoms with E-state index in [4.69, 9.17) is 10.5 Å². The summed E-state index contributed by atoms with van der Waals surface area (Å²) < 4.78 is 33.2. The lowest BCUT2D eigenvalue weighted by molar-refractivity contribution is 0.0992. The normalized spacial score (nSPS) is 10.5. The first-order chi connectivity index (χ1) is 11.5. The highest BCUT2D eigenvalue weighted by molar-refractivity contribution is 5.94. The van der Waals surface area contributed by atoms with Gasteiger partial charge in [-0.1, -0.05) is 25.5 Å². The van der Waals surface area contributed by atoms with E-state index in [1.54, 1.807) is 0 Å². The van der Waals surface area contributed by atoms with Crippen LogP contribution in [-0.2, 0) is 6.54 Å². The molecule has 0 aliphatic heterocycles. The second-order valence-electron chi connectivity index (χ2n) is 5.35. The molecule has 24 heavy (non-hydrogen) atoms. The number of benzene rings is 2. The van der Waals surface area contributed by atoms with Gasteiger partial charge < -0.3 is 15.8 Å². The zero-order valence-corrected chi connectivity index (χ0v) is 13.4. The smallest absolute Gasteiger partial charge is 0.254 e. The SMILES string of the molecule is CCCCOc1cccc(CNc2ccc(F)c(C(N)=O)c2F)c1. The number of unbranched alkanes of at least 4 members (excludes halogenated alkanes) is 1. The van der Waals surface area contributed by atoms with Gasteiger partial charge in [0.15, 0.2) is 5.82 Å². The summed E-state index contributed by atoms with van der Waals surface area (Å²) in [4.78, 5) is 11.1. The summed E-state index contributed by atoms with van der Waals surface area (Å²) in [7, 11) is 0. The van der Waals surface area contributed by atoms with E-state index >= 15 is 0 Å². The molecule has 0 aromatic heterocycles. The average Bonchev–Trinajstić information content (AvgIpc) is 2.54. The van der Waals surface area contributed by atoms with Gasteiger partial charge in [0.2, 0.25) is 0 Å². The van der Waals surface area contributed by atoms with Gasteiger partial charge in [0.25, 0.3) is 5.91 Å². The van der Waals surface area contributed by atoms with Crippen LogP contribution in [0.1, 0.15) is 35.7 Å². The van der Waals surface area contributed by atoms with Crippen LogP contribution in [0.5, 0.6) is 5.75 Å². The van der Waals surface area contributed by atoms with Gasteiger partial charge in [-0.25, -0.2) is 8.78 Å². The minimum absolute atomic E-state index is 0.0162. The zero-order valence-electron chi connectivity index (χ0n) is 13.4. The molecule has 0 atom stereocenters. The molecule has 0 bridgehead atoms. The van der Waals surface area contributed by atoms with Gasteiger partial charge in [0, 0.05) is 6.54 Å². The third-order valence-electron chi connectivity index (χ3n) is 3.49. The number of ether oxygens (including phenoxy) is 1. The van der Waals surface area contributed by atoms with E-state index < -0.39 is 23.1 Å². The van der Waals surface area contributed by atoms with E-state index in [2.05, 4.69) is 12.2 Å². The first-order valence-electron chi connectivity index (χ1n) is 7.76. The third kappa shape index (κ3) is 4.44. The number of rotatable bonds is 8. The lowest BCUT2D eigenvalue weighted by atomic mass is 10.1. The van der Waals surface area contributed by atoms with Crippen LogP contribution in [0.4, 0.5) is 14.5 Å².